The van der Waals surface area contributed by atoms with Crippen LogP contribution in [0, 0.1) is 11.3 Å². The van der Waals surface area contributed by atoms with E-state index in [0.29, 0.717) is 18.8 Å². The van der Waals surface area contributed by atoms with Crippen molar-refractivity contribution in [1.82, 2.24) is 4.90 Å². The maximum absolute atomic E-state index is 9.38. The predicted molar refractivity (Wildman–Crippen MR) is 82.2 cm³/mol. The van der Waals surface area contributed by atoms with Crippen LogP contribution in [-0.4, -0.2) is 37.4 Å². The Kier molecular flexibility index (Phi) is 4.13. The van der Waals surface area contributed by atoms with Gasteiger partial charge in [0.2, 0.25) is 0 Å². The van der Waals surface area contributed by atoms with Gasteiger partial charge in [0.15, 0.2) is 6.23 Å². The van der Waals surface area contributed by atoms with Crippen molar-refractivity contribution >= 4 is 37.9 Å². The number of halogens is 2. The van der Waals surface area contributed by atoms with Gasteiger partial charge >= 0.3 is 0 Å². The lowest BCUT2D eigenvalue weighted by Gasteiger charge is -2.36. The summed E-state index contributed by atoms with van der Waals surface area (Å²) in [7, 11) is 0. The molecule has 2 aliphatic rings. The van der Waals surface area contributed by atoms with E-state index >= 15 is 0 Å². The fourth-order valence-corrected chi connectivity index (χ4v) is 3.75. The number of benzene rings is 1. The predicted octanol–water partition coefficient (Wildman–Crippen LogP) is 3.17. The summed E-state index contributed by atoms with van der Waals surface area (Å²) in [6.07, 6.45) is 1.57. The van der Waals surface area contributed by atoms with E-state index in [0.717, 1.165) is 33.3 Å². The van der Waals surface area contributed by atoms with Gasteiger partial charge in [-0.2, -0.15) is 5.26 Å². The average molecular weight is 400 g/mol. The molecule has 6 heteroatoms. The van der Waals surface area contributed by atoms with Gasteiger partial charge < -0.3 is 9.47 Å². The second-order valence-corrected chi connectivity index (χ2v) is 6.41. The molecule has 1 unspecified atom stereocenters. The van der Waals surface area contributed by atoms with Gasteiger partial charge in [-0.05, 0) is 34.1 Å². The highest BCUT2D eigenvalue weighted by molar-refractivity contribution is 9.11. The van der Waals surface area contributed by atoms with E-state index in [1.165, 1.54) is 0 Å². The Morgan fingerprint density at radius 1 is 1.25 bits per heavy atom. The number of ether oxygens (including phenoxy) is 2. The number of hydrogen-bond acceptors (Lipinski definition) is 4. The number of morpholine rings is 1. The number of rotatable bonds is 1. The molecule has 0 aliphatic carbocycles. The summed E-state index contributed by atoms with van der Waals surface area (Å²) in [5.74, 6) is 0.781. The molecule has 1 saturated heterocycles. The Morgan fingerprint density at radius 2 is 2.00 bits per heavy atom. The zero-order chi connectivity index (χ0) is 14.1. The Bertz CT molecular complexity index is 604. The van der Waals surface area contributed by atoms with Crippen LogP contribution >= 0.6 is 31.9 Å². The molecule has 3 rings (SSSR count). The van der Waals surface area contributed by atoms with E-state index in [-0.39, 0.29) is 6.23 Å². The molecule has 1 fully saturated rings. The molecular weight excluding hydrogens is 388 g/mol. The number of hydrogen-bond donors (Lipinski definition) is 0. The fraction of sp³-hybridized carbons (Fsp3) is 0.357. The zero-order valence-corrected chi connectivity index (χ0v) is 13.8. The third-order valence-electron chi connectivity index (χ3n) is 3.35. The second-order valence-electron chi connectivity index (χ2n) is 4.64. The third kappa shape index (κ3) is 2.63. The second kappa shape index (κ2) is 5.86. The van der Waals surface area contributed by atoms with E-state index in [1.54, 1.807) is 0 Å². The Balaban J connectivity index is 1.98. The summed E-state index contributed by atoms with van der Waals surface area (Å²) >= 11 is 6.97. The first kappa shape index (κ1) is 14.1. The molecule has 0 aromatic heterocycles. The van der Waals surface area contributed by atoms with Crippen LogP contribution in [0.3, 0.4) is 0 Å². The number of nitrogens with zero attached hydrogens (tertiary/aromatic N) is 2. The molecule has 20 heavy (non-hydrogen) atoms. The largest absolute Gasteiger partial charge is 0.468 e. The SMILES string of the molecule is N#CC1=Cc2cc(Br)cc(Br)c2OC1N1CCOCC1. The van der Waals surface area contributed by atoms with Crippen LogP contribution in [-0.2, 0) is 4.74 Å². The molecule has 4 nitrogen and oxygen atoms in total. The van der Waals surface area contributed by atoms with Crippen molar-refractivity contribution in [2.45, 2.75) is 6.23 Å². The minimum absolute atomic E-state index is 0.325. The fourth-order valence-electron chi connectivity index (χ4n) is 2.40. The molecule has 2 aliphatic heterocycles. The summed E-state index contributed by atoms with van der Waals surface area (Å²) in [4.78, 5) is 2.13. The molecule has 0 saturated carbocycles. The summed E-state index contributed by atoms with van der Waals surface area (Å²) < 4.78 is 13.3. The first-order valence-corrected chi connectivity index (χ1v) is 7.87. The van der Waals surface area contributed by atoms with E-state index < -0.39 is 0 Å². The molecule has 0 N–H and O–H groups in total. The van der Waals surface area contributed by atoms with Crippen LogP contribution in [0.4, 0.5) is 0 Å². The van der Waals surface area contributed by atoms with Crippen LogP contribution in [0.5, 0.6) is 5.75 Å². The lowest BCUT2D eigenvalue weighted by atomic mass is 10.1. The maximum atomic E-state index is 9.38. The number of nitriles is 1. The first-order chi connectivity index (χ1) is 9.69. The lowest BCUT2D eigenvalue weighted by molar-refractivity contribution is -0.0292. The topological polar surface area (TPSA) is 45.5 Å². The van der Waals surface area contributed by atoms with Gasteiger partial charge in [-0.3, -0.25) is 4.90 Å². The summed E-state index contributed by atoms with van der Waals surface area (Å²) in [6, 6.07) is 6.15. The molecular formula is C14H12Br2N2O2. The zero-order valence-electron chi connectivity index (χ0n) is 10.6. The molecule has 0 amide bonds. The van der Waals surface area contributed by atoms with Crippen LogP contribution in [0.15, 0.2) is 26.7 Å². The maximum Gasteiger partial charge on any atom is 0.189 e. The van der Waals surface area contributed by atoms with E-state index in [4.69, 9.17) is 9.47 Å². The highest BCUT2D eigenvalue weighted by Gasteiger charge is 2.31. The Hall–Kier alpha value is -0.870. The van der Waals surface area contributed by atoms with Crippen molar-refractivity contribution < 1.29 is 9.47 Å². The van der Waals surface area contributed by atoms with Crippen LogP contribution in [0.1, 0.15) is 5.56 Å². The van der Waals surface area contributed by atoms with Gasteiger partial charge in [0.25, 0.3) is 0 Å². The highest BCUT2D eigenvalue weighted by Crippen LogP contribution is 2.39. The standard InChI is InChI=1S/C14H12Br2N2O2/c15-11-6-9-5-10(8-17)14(18-1-3-19-4-2-18)20-13(9)12(16)7-11/h5-7,14H,1-4H2. The first-order valence-electron chi connectivity index (χ1n) is 6.28. The molecule has 1 atom stereocenters. The van der Waals surface area contributed by atoms with Crippen molar-refractivity contribution in [2.24, 2.45) is 0 Å². The van der Waals surface area contributed by atoms with Gasteiger partial charge in [0.05, 0.1) is 23.3 Å². The van der Waals surface area contributed by atoms with Gasteiger partial charge in [0, 0.05) is 23.1 Å². The number of fused-ring (bicyclic) bond motifs is 1. The van der Waals surface area contributed by atoms with Crippen molar-refractivity contribution in [3.8, 4) is 11.8 Å². The smallest absolute Gasteiger partial charge is 0.189 e. The average Bonchev–Trinajstić information content (AvgIpc) is 2.46. The lowest BCUT2D eigenvalue weighted by Crippen LogP contribution is -2.47. The van der Waals surface area contributed by atoms with E-state index in [9.17, 15) is 5.26 Å². The van der Waals surface area contributed by atoms with Crippen molar-refractivity contribution in [3.05, 3.63) is 32.2 Å². The van der Waals surface area contributed by atoms with Crippen molar-refractivity contribution in [3.63, 3.8) is 0 Å². The molecule has 0 bridgehead atoms. The highest BCUT2D eigenvalue weighted by atomic mass is 79.9. The van der Waals surface area contributed by atoms with Gasteiger partial charge in [-0.1, -0.05) is 15.9 Å². The van der Waals surface area contributed by atoms with Gasteiger partial charge in [-0.15, -0.1) is 0 Å². The molecule has 104 valence electrons. The molecule has 2 heterocycles. The summed E-state index contributed by atoms with van der Waals surface area (Å²) in [6.45, 7) is 2.89. The molecule has 1 aromatic carbocycles. The summed E-state index contributed by atoms with van der Waals surface area (Å²) in [5.41, 5.74) is 1.54. The Morgan fingerprint density at radius 3 is 2.70 bits per heavy atom. The van der Waals surface area contributed by atoms with Gasteiger partial charge in [-0.25, -0.2) is 0 Å². The summed E-state index contributed by atoms with van der Waals surface area (Å²) in [5, 5.41) is 9.38. The molecule has 1 aromatic rings. The molecule has 0 radical (unpaired) electrons. The van der Waals surface area contributed by atoms with Crippen molar-refractivity contribution in [1.29, 1.82) is 5.26 Å². The monoisotopic (exact) mass is 398 g/mol. The van der Waals surface area contributed by atoms with E-state index in [2.05, 4.69) is 42.8 Å². The Labute approximate surface area is 134 Å². The van der Waals surface area contributed by atoms with Crippen LogP contribution in [0.25, 0.3) is 6.08 Å². The minimum Gasteiger partial charge on any atom is -0.468 e. The van der Waals surface area contributed by atoms with E-state index in [1.807, 2.05) is 18.2 Å². The van der Waals surface area contributed by atoms with Crippen LogP contribution < -0.4 is 4.74 Å². The molecule has 0 spiro atoms. The van der Waals surface area contributed by atoms with Gasteiger partial charge in [0.1, 0.15) is 11.8 Å². The minimum atomic E-state index is -0.325. The third-order valence-corrected chi connectivity index (χ3v) is 4.40. The quantitative estimate of drug-likeness (QED) is 0.727. The normalized spacial score (nSPS) is 22.4. The van der Waals surface area contributed by atoms with Crippen LogP contribution in [0.2, 0.25) is 0 Å². The van der Waals surface area contributed by atoms with Crippen molar-refractivity contribution in [2.75, 3.05) is 26.3 Å².